The lowest BCUT2D eigenvalue weighted by Crippen LogP contribution is -2.16. The van der Waals surface area contributed by atoms with Gasteiger partial charge in [0.2, 0.25) is 0 Å². The number of nitrogens with one attached hydrogen (secondary N) is 1. The van der Waals surface area contributed by atoms with Crippen LogP contribution in [0.4, 0.5) is 0 Å². The van der Waals surface area contributed by atoms with E-state index < -0.39 is 0 Å². The molecule has 0 bridgehead atoms. The molecule has 3 aromatic rings. The number of nitrogens with zero attached hydrogens (tertiary/aromatic N) is 4. The SMILES string of the molecule is CC(C)c1cccc(C2CCC(c3n[nH]c4c3-c3ncc(Cl)cc3CN(C)C4)CC2)n1. The van der Waals surface area contributed by atoms with E-state index in [1.807, 2.05) is 0 Å². The van der Waals surface area contributed by atoms with Crippen LogP contribution in [0.2, 0.25) is 5.02 Å². The number of rotatable bonds is 3. The average molecular weight is 436 g/mol. The van der Waals surface area contributed by atoms with Crippen LogP contribution in [-0.2, 0) is 13.1 Å². The number of hydrogen-bond donors (Lipinski definition) is 1. The second-order valence-electron chi connectivity index (χ2n) is 9.49. The zero-order valence-corrected chi connectivity index (χ0v) is 19.3. The lowest BCUT2D eigenvalue weighted by molar-refractivity contribution is 0.318. The first-order valence-corrected chi connectivity index (χ1v) is 11.7. The van der Waals surface area contributed by atoms with Crippen molar-refractivity contribution in [2.24, 2.45) is 0 Å². The van der Waals surface area contributed by atoms with Crippen molar-refractivity contribution in [3.8, 4) is 11.3 Å². The summed E-state index contributed by atoms with van der Waals surface area (Å²) in [6.07, 6.45) is 6.34. The summed E-state index contributed by atoms with van der Waals surface area (Å²) >= 11 is 6.26. The van der Waals surface area contributed by atoms with Gasteiger partial charge in [0.15, 0.2) is 0 Å². The fraction of sp³-hybridized carbons (Fsp3) is 0.480. The molecule has 1 fully saturated rings. The van der Waals surface area contributed by atoms with E-state index in [9.17, 15) is 0 Å². The smallest absolute Gasteiger partial charge is 0.0785 e. The van der Waals surface area contributed by atoms with Crippen molar-refractivity contribution in [2.45, 2.75) is 70.4 Å². The number of fused-ring (bicyclic) bond motifs is 3. The Morgan fingerprint density at radius 2 is 1.87 bits per heavy atom. The Balaban J connectivity index is 1.41. The van der Waals surface area contributed by atoms with Gasteiger partial charge in [0.1, 0.15) is 0 Å². The molecule has 1 aliphatic carbocycles. The zero-order chi connectivity index (χ0) is 21.5. The van der Waals surface area contributed by atoms with Crippen molar-refractivity contribution in [3.63, 3.8) is 0 Å². The van der Waals surface area contributed by atoms with Crippen molar-refractivity contribution in [1.29, 1.82) is 0 Å². The fourth-order valence-electron chi connectivity index (χ4n) is 5.19. The maximum absolute atomic E-state index is 6.26. The summed E-state index contributed by atoms with van der Waals surface area (Å²) < 4.78 is 0. The molecular formula is C25H30ClN5. The molecular weight excluding hydrogens is 406 g/mol. The third kappa shape index (κ3) is 4.01. The maximum Gasteiger partial charge on any atom is 0.0785 e. The molecule has 6 heteroatoms. The van der Waals surface area contributed by atoms with Gasteiger partial charge in [-0.3, -0.25) is 20.0 Å². The molecule has 1 N–H and O–H groups in total. The molecule has 162 valence electrons. The molecule has 0 saturated heterocycles. The van der Waals surface area contributed by atoms with Crippen LogP contribution in [-0.4, -0.2) is 32.1 Å². The molecule has 5 nitrogen and oxygen atoms in total. The normalized spacial score (nSPS) is 21.6. The molecule has 31 heavy (non-hydrogen) atoms. The molecule has 4 heterocycles. The van der Waals surface area contributed by atoms with Gasteiger partial charge in [-0.25, -0.2) is 0 Å². The van der Waals surface area contributed by atoms with E-state index in [1.165, 1.54) is 33.9 Å². The Morgan fingerprint density at radius 3 is 2.65 bits per heavy atom. The quantitative estimate of drug-likeness (QED) is 0.545. The van der Waals surface area contributed by atoms with Crippen molar-refractivity contribution in [1.82, 2.24) is 25.1 Å². The standard InChI is InChI=1S/C25H30ClN5/c1-15(2)20-5-4-6-21(28-20)16-7-9-17(10-8-16)25-23-22(29-30-25)14-31(3)13-18-11-19(26)12-27-24(18)23/h4-6,11-12,15-17H,7-10,13-14H2,1-3H3,(H,29,30). The summed E-state index contributed by atoms with van der Waals surface area (Å²) in [5, 5.41) is 8.84. The summed E-state index contributed by atoms with van der Waals surface area (Å²) in [5.41, 5.74) is 8.24. The average Bonchev–Trinajstić information content (AvgIpc) is 3.11. The minimum atomic E-state index is 0.457. The molecule has 0 amide bonds. The molecule has 0 aromatic carbocycles. The third-order valence-electron chi connectivity index (χ3n) is 6.82. The highest BCUT2D eigenvalue weighted by Crippen LogP contribution is 2.44. The van der Waals surface area contributed by atoms with Crippen LogP contribution in [0.25, 0.3) is 11.3 Å². The van der Waals surface area contributed by atoms with Crippen molar-refractivity contribution in [2.75, 3.05) is 7.05 Å². The van der Waals surface area contributed by atoms with E-state index >= 15 is 0 Å². The van der Waals surface area contributed by atoms with Gasteiger partial charge < -0.3 is 0 Å². The van der Waals surface area contributed by atoms with Gasteiger partial charge in [0.05, 0.1) is 22.1 Å². The van der Waals surface area contributed by atoms with Crippen LogP contribution >= 0.6 is 11.6 Å². The van der Waals surface area contributed by atoms with Crippen LogP contribution < -0.4 is 0 Å². The molecule has 0 spiro atoms. The van der Waals surface area contributed by atoms with Gasteiger partial charge in [0, 0.05) is 48.1 Å². The van der Waals surface area contributed by atoms with Crippen LogP contribution in [0, 0.1) is 0 Å². The monoisotopic (exact) mass is 435 g/mol. The van der Waals surface area contributed by atoms with Gasteiger partial charge in [-0.2, -0.15) is 5.10 Å². The van der Waals surface area contributed by atoms with E-state index in [1.54, 1.807) is 6.20 Å². The number of pyridine rings is 2. The fourth-order valence-corrected chi connectivity index (χ4v) is 5.37. The van der Waals surface area contributed by atoms with Gasteiger partial charge in [-0.15, -0.1) is 0 Å². The summed E-state index contributed by atoms with van der Waals surface area (Å²) in [7, 11) is 2.13. The maximum atomic E-state index is 6.26. The van der Waals surface area contributed by atoms with E-state index in [-0.39, 0.29) is 0 Å². The molecule has 0 radical (unpaired) electrons. The van der Waals surface area contributed by atoms with Gasteiger partial charge >= 0.3 is 0 Å². The summed E-state index contributed by atoms with van der Waals surface area (Å²) in [6.45, 7) is 6.11. The molecule has 1 aliphatic heterocycles. The second-order valence-corrected chi connectivity index (χ2v) is 9.92. The first-order valence-electron chi connectivity index (χ1n) is 11.4. The Bertz CT molecular complexity index is 1080. The molecule has 5 rings (SSSR count). The third-order valence-corrected chi connectivity index (χ3v) is 7.03. The number of aromatic nitrogens is 4. The van der Waals surface area contributed by atoms with Crippen LogP contribution in [0.15, 0.2) is 30.5 Å². The highest BCUT2D eigenvalue weighted by molar-refractivity contribution is 6.30. The lowest BCUT2D eigenvalue weighted by atomic mass is 9.77. The topological polar surface area (TPSA) is 57.7 Å². The summed E-state index contributed by atoms with van der Waals surface area (Å²) in [4.78, 5) is 12.0. The van der Waals surface area contributed by atoms with Crippen molar-refractivity contribution >= 4 is 11.6 Å². The van der Waals surface area contributed by atoms with Crippen molar-refractivity contribution in [3.05, 3.63) is 63.8 Å². The van der Waals surface area contributed by atoms with Crippen LogP contribution in [0.5, 0.6) is 0 Å². The van der Waals surface area contributed by atoms with Crippen LogP contribution in [0.3, 0.4) is 0 Å². The molecule has 2 aliphatic rings. The van der Waals surface area contributed by atoms with E-state index in [0.717, 1.165) is 44.5 Å². The highest BCUT2D eigenvalue weighted by Gasteiger charge is 2.31. The van der Waals surface area contributed by atoms with Gasteiger partial charge in [-0.05, 0) is 62.4 Å². The van der Waals surface area contributed by atoms with Gasteiger partial charge in [0.25, 0.3) is 0 Å². The predicted octanol–water partition coefficient (Wildman–Crippen LogP) is 6.03. The van der Waals surface area contributed by atoms with E-state index in [4.69, 9.17) is 26.7 Å². The molecule has 3 aromatic heterocycles. The Hall–Kier alpha value is -2.24. The van der Waals surface area contributed by atoms with E-state index in [0.29, 0.717) is 22.8 Å². The number of hydrogen-bond acceptors (Lipinski definition) is 4. The first-order chi connectivity index (χ1) is 15.0. The molecule has 1 saturated carbocycles. The van der Waals surface area contributed by atoms with Crippen molar-refractivity contribution < 1.29 is 0 Å². The van der Waals surface area contributed by atoms with E-state index in [2.05, 4.69) is 55.2 Å². The molecule has 0 atom stereocenters. The Labute approximate surface area is 189 Å². The lowest BCUT2D eigenvalue weighted by Gasteiger charge is -2.28. The largest absolute Gasteiger partial charge is 0.296 e. The number of H-pyrrole nitrogens is 1. The minimum Gasteiger partial charge on any atom is -0.296 e. The minimum absolute atomic E-state index is 0.457. The Morgan fingerprint density at radius 1 is 1.10 bits per heavy atom. The number of aromatic amines is 1. The van der Waals surface area contributed by atoms with Gasteiger partial charge in [-0.1, -0.05) is 31.5 Å². The van der Waals surface area contributed by atoms with Crippen LogP contribution in [0.1, 0.15) is 85.6 Å². The summed E-state index contributed by atoms with van der Waals surface area (Å²) in [6, 6.07) is 8.57. The highest BCUT2D eigenvalue weighted by atomic mass is 35.5. The summed E-state index contributed by atoms with van der Waals surface area (Å²) in [5.74, 6) is 1.47. The predicted molar refractivity (Wildman–Crippen MR) is 124 cm³/mol. The first kappa shape index (κ1) is 20.7. The second kappa shape index (κ2) is 8.36. The molecule has 0 unspecified atom stereocenters. The Kier molecular flexibility index (Phi) is 5.57. The zero-order valence-electron chi connectivity index (χ0n) is 18.5. The number of halogens is 1.